The summed E-state index contributed by atoms with van der Waals surface area (Å²) in [6.07, 6.45) is 2.20. The summed E-state index contributed by atoms with van der Waals surface area (Å²) in [6, 6.07) is 4.23. The molecular formula is C17H31IN4OS. The number of carbonyl (C=O) groups is 1. The Balaban J connectivity index is 0.00000529. The first-order valence-corrected chi connectivity index (χ1v) is 9.01. The zero-order valence-electron chi connectivity index (χ0n) is 15.4. The van der Waals surface area contributed by atoms with E-state index in [1.165, 1.54) is 4.88 Å². The predicted octanol–water partition coefficient (Wildman–Crippen LogP) is 3.07. The topological polar surface area (TPSA) is 56.7 Å². The summed E-state index contributed by atoms with van der Waals surface area (Å²) in [5.74, 6) is 0.706. The lowest BCUT2D eigenvalue weighted by molar-refractivity contribution is -0.127. The van der Waals surface area contributed by atoms with Crippen molar-refractivity contribution >= 4 is 47.2 Å². The molecule has 1 heterocycles. The molecule has 0 unspecified atom stereocenters. The van der Waals surface area contributed by atoms with Crippen LogP contribution in [0, 0.1) is 0 Å². The second-order valence-electron chi connectivity index (χ2n) is 6.45. The molecule has 0 fully saturated rings. The molecule has 138 valence electrons. The number of nitrogens with zero attached hydrogens (tertiary/aromatic N) is 2. The van der Waals surface area contributed by atoms with Gasteiger partial charge >= 0.3 is 0 Å². The minimum absolute atomic E-state index is 0. The van der Waals surface area contributed by atoms with Gasteiger partial charge in [0.1, 0.15) is 6.54 Å². The third-order valence-corrected chi connectivity index (χ3v) is 4.82. The maximum absolute atomic E-state index is 11.7. The number of hydrogen-bond acceptors (Lipinski definition) is 3. The Morgan fingerprint density at radius 2 is 2.04 bits per heavy atom. The number of carbonyl (C=O) groups excluding carboxylic acids is 1. The van der Waals surface area contributed by atoms with Crippen molar-refractivity contribution in [3.05, 3.63) is 22.4 Å². The van der Waals surface area contributed by atoms with Gasteiger partial charge in [0.25, 0.3) is 0 Å². The maximum atomic E-state index is 11.7. The molecule has 0 aliphatic rings. The van der Waals surface area contributed by atoms with Crippen LogP contribution in [0.25, 0.3) is 0 Å². The van der Waals surface area contributed by atoms with Crippen LogP contribution in [0.5, 0.6) is 0 Å². The zero-order valence-corrected chi connectivity index (χ0v) is 18.5. The van der Waals surface area contributed by atoms with Gasteiger partial charge in [-0.15, -0.1) is 35.3 Å². The molecule has 5 nitrogen and oxygen atoms in total. The van der Waals surface area contributed by atoms with Gasteiger partial charge in [-0.3, -0.25) is 4.79 Å². The Morgan fingerprint density at radius 3 is 2.58 bits per heavy atom. The molecule has 7 heteroatoms. The number of guanidine groups is 1. The molecule has 2 N–H and O–H groups in total. The van der Waals surface area contributed by atoms with Gasteiger partial charge in [0.15, 0.2) is 5.96 Å². The number of likely N-dealkylation sites (N-methyl/N-ethyl adjacent to an activating group) is 1. The van der Waals surface area contributed by atoms with E-state index in [9.17, 15) is 4.79 Å². The molecule has 0 bridgehead atoms. The Bertz CT molecular complexity index is 501. The molecule has 1 amide bonds. The highest BCUT2D eigenvalue weighted by Crippen LogP contribution is 2.26. The largest absolute Gasteiger partial charge is 0.356 e. The quantitative estimate of drug-likeness (QED) is 0.268. The first kappa shape index (κ1) is 23.2. The molecule has 0 atom stereocenters. The van der Waals surface area contributed by atoms with Crippen molar-refractivity contribution in [2.24, 2.45) is 4.99 Å². The number of amides is 1. The summed E-state index contributed by atoms with van der Waals surface area (Å²) in [7, 11) is 3.49. The molecule has 1 aromatic heterocycles. The van der Waals surface area contributed by atoms with Crippen LogP contribution in [0.4, 0.5) is 0 Å². The second-order valence-corrected chi connectivity index (χ2v) is 7.40. The lowest BCUT2D eigenvalue weighted by Gasteiger charge is -2.25. The molecule has 0 saturated heterocycles. The van der Waals surface area contributed by atoms with Gasteiger partial charge in [-0.1, -0.05) is 33.3 Å². The van der Waals surface area contributed by atoms with Crippen LogP contribution in [0.3, 0.4) is 0 Å². The molecule has 0 aliphatic carbocycles. The summed E-state index contributed by atoms with van der Waals surface area (Å²) in [5.41, 5.74) is 0.0208. The number of halogens is 1. The fourth-order valence-electron chi connectivity index (χ4n) is 1.90. The van der Waals surface area contributed by atoms with Crippen molar-refractivity contribution in [3.63, 3.8) is 0 Å². The SMILES string of the molecule is CCCCNC(=NCC(=O)N(C)C)NCC(C)(C)c1cccs1.I. The van der Waals surface area contributed by atoms with Crippen molar-refractivity contribution in [1.82, 2.24) is 15.5 Å². The number of aliphatic imine (C=N–C) groups is 1. The van der Waals surface area contributed by atoms with E-state index in [4.69, 9.17) is 0 Å². The average molecular weight is 466 g/mol. The smallest absolute Gasteiger partial charge is 0.243 e. The van der Waals surface area contributed by atoms with Gasteiger partial charge in [0.05, 0.1) is 0 Å². The molecule has 0 aromatic carbocycles. The lowest BCUT2D eigenvalue weighted by Crippen LogP contribution is -2.44. The van der Waals surface area contributed by atoms with Gasteiger partial charge < -0.3 is 15.5 Å². The molecule has 1 rings (SSSR count). The standard InChI is InChI=1S/C17H30N4OS.HI/c1-6-7-10-18-16(19-12-15(22)21(4)5)20-13-17(2,3)14-9-8-11-23-14;/h8-9,11H,6-7,10,12-13H2,1-5H3,(H2,18,19,20);1H. The van der Waals surface area contributed by atoms with Crippen molar-refractivity contribution in [3.8, 4) is 0 Å². The third kappa shape index (κ3) is 8.32. The third-order valence-electron chi connectivity index (χ3n) is 3.58. The summed E-state index contributed by atoms with van der Waals surface area (Å²) in [5, 5.41) is 8.78. The van der Waals surface area contributed by atoms with Crippen LogP contribution >= 0.6 is 35.3 Å². The molecule has 0 spiro atoms. The molecular weight excluding hydrogens is 435 g/mol. The van der Waals surface area contributed by atoms with Crippen molar-refractivity contribution in [1.29, 1.82) is 0 Å². The minimum atomic E-state index is -0.000825. The van der Waals surface area contributed by atoms with Gasteiger partial charge in [0.2, 0.25) is 5.91 Å². The number of nitrogens with one attached hydrogen (secondary N) is 2. The first-order valence-electron chi connectivity index (χ1n) is 8.13. The van der Waals surface area contributed by atoms with Crippen LogP contribution in [0.1, 0.15) is 38.5 Å². The summed E-state index contributed by atoms with van der Waals surface area (Å²) >= 11 is 1.76. The highest BCUT2D eigenvalue weighted by Gasteiger charge is 2.22. The predicted molar refractivity (Wildman–Crippen MR) is 115 cm³/mol. The molecule has 0 saturated carbocycles. The highest BCUT2D eigenvalue weighted by atomic mass is 127. The van der Waals surface area contributed by atoms with Crippen LogP contribution in [0.2, 0.25) is 0 Å². The fraction of sp³-hybridized carbons (Fsp3) is 0.647. The van der Waals surface area contributed by atoms with E-state index in [0.717, 1.165) is 25.9 Å². The first-order chi connectivity index (χ1) is 10.9. The number of hydrogen-bond donors (Lipinski definition) is 2. The molecule has 0 radical (unpaired) electrons. The monoisotopic (exact) mass is 466 g/mol. The lowest BCUT2D eigenvalue weighted by atomic mass is 9.91. The second kappa shape index (κ2) is 11.7. The Morgan fingerprint density at radius 1 is 1.33 bits per heavy atom. The fourth-order valence-corrected chi connectivity index (χ4v) is 2.75. The Kier molecular flexibility index (Phi) is 11.3. The van der Waals surface area contributed by atoms with Crippen LogP contribution in [0.15, 0.2) is 22.5 Å². The van der Waals surface area contributed by atoms with Crippen LogP contribution in [-0.2, 0) is 10.2 Å². The van der Waals surface area contributed by atoms with E-state index >= 15 is 0 Å². The number of rotatable bonds is 8. The van der Waals surface area contributed by atoms with Crippen molar-refractivity contribution < 1.29 is 4.79 Å². The van der Waals surface area contributed by atoms with E-state index in [2.05, 4.69) is 53.9 Å². The zero-order chi connectivity index (χ0) is 17.3. The summed E-state index contributed by atoms with van der Waals surface area (Å²) in [6.45, 7) is 8.36. The van der Waals surface area contributed by atoms with E-state index in [0.29, 0.717) is 5.96 Å². The van der Waals surface area contributed by atoms with Gasteiger partial charge in [-0.2, -0.15) is 0 Å². The summed E-state index contributed by atoms with van der Waals surface area (Å²) in [4.78, 5) is 19.0. The minimum Gasteiger partial charge on any atom is -0.356 e. The highest BCUT2D eigenvalue weighted by molar-refractivity contribution is 14.0. The Hall–Kier alpha value is -0.830. The van der Waals surface area contributed by atoms with Crippen molar-refractivity contribution in [2.75, 3.05) is 33.7 Å². The molecule has 0 aliphatic heterocycles. The van der Waals surface area contributed by atoms with E-state index in [1.807, 2.05) is 0 Å². The Labute approximate surface area is 167 Å². The summed E-state index contributed by atoms with van der Waals surface area (Å²) < 4.78 is 0. The van der Waals surface area contributed by atoms with Gasteiger partial charge in [0, 0.05) is 37.5 Å². The normalized spacial score (nSPS) is 11.6. The maximum Gasteiger partial charge on any atom is 0.243 e. The van der Waals surface area contributed by atoms with Gasteiger partial charge in [-0.25, -0.2) is 4.99 Å². The number of thiophene rings is 1. The van der Waals surface area contributed by atoms with Gasteiger partial charge in [-0.05, 0) is 17.9 Å². The van der Waals surface area contributed by atoms with E-state index < -0.39 is 0 Å². The number of unbranched alkanes of at least 4 members (excludes halogenated alkanes) is 1. The van der Waals surface area contributed by atoms with E-state index in [1.54, 1.807) is 30.3 Å². The van der Waals surface area contributed by atoms with E-state index in [-0.39, 0.29) is 41.8 Å². The molecule has 1 aromatic rings. The van der Waals surface area contributed by atoms with Crippen LogP contribution < -0.4 is 10.6 Å². The van der Waals surface area contributed by atoms with Crippen molar-refractivity contribution in [2.45, 2.75) is 39.0 Å². The molecule has 24 heavy (non-hydrogen) atoms. The average Bonchev–Trinajstić information content (AvgIpc) is 3.04. The van der Waals surface area contributed by atoms with Crippen LogP contribution in [-0.4, -0.2) is 50.5 Å².